The van der Waals surface area contributed by atoms with Gasteiger partial charge in [-0.15, -0.1) is 11.3 Å². The number of amides is 2. The summed E-state index contributed by atoms with van der Waals surface area (Å²) in [5.74, 6) is -0.0422. The smallest absolute Gasteiger partial charge is 0.259 e. The summed E-state index contributed by atoms with van der Waals surface area (Å²) >= 11 is 1.62. The van der Waals surface area contributed by atoms with E-state index in [4.69, 9.17) is 0 Å². The van der Waals surface area contributed by atoms with Gasteiger partial charge in [0, 0.05) is 39.3 Å². The van der Waals surface area contributed by atoms with E-state index in [9.17, 15) is 9.59 Å². The van der Waals surface area contributed by atoms with E-state index in [0.29, 0.717) is 37.4 Å². The first-order valence-corrected chi connectivity index (χ1v) is 8.94. The number of piperazine rings is 1. The van der Waals surface area contributed by atoms with Crippen LogP contribution in [0.4, 0.5) is 0 Å². The van der Waals surface area contributed by atoms with Gasteiger partial charge in [0.2, 0.25) is 5.91 Å². The van der Waals surface area contributed by atoms with Gasteiger partial charge >= 0.3 is 0 Å². The van der Waals surface area contributed by atoms with Crippen molar-refractivity contribution in [2.45, 2.75) is 6.92 Å². The molecular formula is C17H17N5O2S. The second kappa shape index (κ2) is 6.29. The highest BCUT2D eigenvalue weighted by Crippen LogP contribution is 2.25. The van der Waals surface area contributed by atoms with Crippen LogP contribution in [-0.4, -0.2) is 62.4 Å². The number of hydrogen-bond donors (Lipinski definition) is 0. The third-order valence-electron chi connectivity index (χ3n) is 4.42. The average Bonchev–Trinajstić information content (AvgIpc) is 3.30. The molecule has 0 atom stereocenters. The zero-order chi connectivity index (χ0) is 17.4. The number of carbonyl (C=O) groups excluding carboxylic acids is 2. The Bertz CT molecular complexity index is 926. The molecule has 1 aliphatic rings. The Morgan fingerprint density at radius 3 is 2.56 bits per heavy atom. The summed E-state index contributed by atoms with van der Waals surface area (Å²) in [5.41, 5.74) is 1.97. The van der Waals surface area contributed by atoms with Crippen molar-refractivity contribution in [2.75, 3.05) is 26.2 Å². The Labute approximate surface area is 148 Å². The van der Waals surface area contributed by atoms with E-state index in [1.54, 1.807) is 45.0 Å². The molecule has 0 aromatic carbocycles. The van der Waals surface area contributed by atoms with E-state index in [1.165, 1.54) is 0 Å². The van der Waals surface area contributed by atoms with Gasteiger partial charge in [0.05, 0.1) is 16.8 Å². The van der Waals surface area contributed by atoms with Crippen LogP contribution in [0.2, 0.25) is 0 Å². The number of nitrogens with zero attached hydrogens (tertiary/aromatic N) is 5. The van der Waals surface area contributed by atoms with Gasteiger partial charge in [0.15, 0.2) is 5.65 Å². The van der Waals surface area contributed by atoms with E-state index in [1.807, 2.05) is 23.6 Å². The maximum atomic E-state index is 12.9. The third kappa shape index (κ3) is 2.78. The van der Waals surface area contributed by atoms with Gasteiger partial charge in [0.25, 0.3) is 5.91 Å². The lowest BCUT2D eigenvalue weighted by atomic mass is 10.2. The highest BCUT2D eigenvalue weighted by molar-refractivity contribution is 7.13. The first kappa shape index (κ1) is 15.8. The Kier molecular flexibility index (Phi) is 3.96. The van der Waals surface area contributed by atoms with E-state index in [2.05, 4.69) is 10.1 Å². The van der Waals surface area contributed by atoms with Crippen LogP contribution < -0.4 is 0 Å². The maximum absolute atomic E-state index is 12.9. The molecule has 128 valence electrons. The summed E-state index contributed by atoms with van der Waals surface area (Å²) in [5, 5.41) is 6.39. The lowest BCUT2D eigenvalue weighted by molar-refractivity contribution is -0.130. The maximum Gasteiger partial charge on any atom is 0.259 e. The van der Waals surface area contributed by atoms with Crippen LogP contribution in [0.15, 0.2) is 36.0 Å². The Morgan fingerprint density at radius 1 is 1.12 bits per heavy atom. The number of carbonyl (C=O) groups is 2. The lowest BCUT2D eigenvalue weighted by Gasteiger charge is -2.34. The van der Waals surface area contributed by atoms with Crippen molar-refractivity contribution in [3.63, 3.8) is 0 Å². The van der Waals surface area contributed by atoms with Crippen molar-refractivity contribution in [3.8, 4) is 10.6 Å². The Hall–Kier alpha value is -2.74. The summed E-state index contributed by atoms with van der Waals surface area (Å²) in [7, 11) is 0. The van der Waals surface area contributed by atoms with Crippen LogP contribution in [-0.2, 0) is 4.79 Å². The van der Waals surface area contributed by atoms with Gasteiger partial charge < -0.3 is 9.80 Å². The van der Waals surface area contributed by atoms with Crippen molar-refractivity contribution in [3.05, 3.63) is 41.5 Å². The minimum atomic E-state index is -0.0889. The number of aromatic nitrogens is 3. The largest absolute Gasteiger partial charge is 0.339 e. The summed E-state index contributed by atoms with van der Waals surface area (Å²) in [4.78, 5) is 33.3. The van der Waals surface area contributed by atoms with Crippen LogP contribution in [0.3, 0.4) is 0 Å². The predicted molar refractivity (Wildman–Crippen MR) is 94.5 cm³/mol. The lowest BCUT2D eigenvalue weighted by Crippen LogP contribution is -2.50. The minimum absolute atomic E-state index is 0.0466. The fourth-order valence-corrected chi connectivity index (χ4v) is 3.78. The first-order chi connectivity index (χ1) is 12.1. The zero-order valence-corrected chi connectivity index (χ0v) is 14.6. The molecule has 1 aliphatic heterocycles. The summed E-state index contributed by atoms with van der Waals surface area (Å²) in [6.07, 6.45) is 3.29. The molecule has 0 saturated carbocycles. The molecule has 4 rings (SSSR count). The number of hydrogen-bond acceptors (Lipinski definition) is 5. The van der Waals surface area contributed by atoms with E-state index in [-0.39, 0.29) is 11.8 Å². The second-order valence-corrected chi connectivity index (χ2v) is 6.85. The molecule has 0 spiro atoms. The fraction of sp³-hybridized carbons (Fsp3) is 0.294. The molecule has 3 aromatic rings. The van der Waals surface area contributed by atoms with Gasteiger partial charge in [0.1, 0.15) is 5.56 Å². The molecule has 0 N–H and O–H groups in total. The van der Waals surface area contributed by atoms with Crippen molar-refractivity contribution in [1.82, 2.24) is 24.4 Å². The summed E-state index contributed by atoms with van der Waals surface area (Å²) < 4.78 is 1.71. The minimum Gasteiger partial charge on any atom is -0.339 e. The molecule has 25 heavy (non-hydrogen) atoms. The molecular weight excluding hydrogens is 338 g/mol. The standard InChI is InChI=1S/C17H17N5O2S/c1-12(23)20-6-8-21(9-7-20)17(24)13-11-19-22-14(4-5-18-16(13)22)15-3-2-10-25-15/h2-5,10-11H,6-9H2,1H3. The number of rotatable bonds is 2. The first-order valence-electron chi connectivity index (χ1n) is 8.06. The molecule has 1 saturated heterocycles. The molecule has 2 amide bonds. The SMILES string of the molecule is CC(=O)N1CCN(C(=O)c2cnn3c(-c4cccs4)ccnc23)CC1. The zero-order valence-electron chi connectivity index (χ0n) is 13.8. The topological polar surface area (TPSA) is 70.8 Å². The average molecular weight is 355 g/mol. The molecule has 0 aliphatic carbocycles. The monoisotopic (exact) mass is 355 g/mol. The molecule has 0 unspecified atom stereocenters. The summed E-state index contributed by atoms with van der Waals surface area (Å²) in [6, 6.07) is 5.89. The highest BCUT2D eigenvalue weighted by Gasteiger charge is 2.26. The van der Waals surface area contributed by atoms with E-state index in [0.717, 1.165) is 10.6 Å². The molecule has 0 radical (unpaired) electrons. The van der Waals surface area contributed by atoms with Gasteiger partial charge in [-0.2, -0.15) is 5.10 Å². The van der Waals surface area contributed by atoms with Crippen molar-refractivity contribution < 1.29 is 9.59 Å². The molecule has 3 aromatic heterocycles. The summed E-state index contributed by atoms with van der Waals surface area (Å²) in [6.45, 7) is 3.74. The Morgan fingerprint density at radius 2 is 1.88 bits per heavy atom. The van der Waals surface area contributed by atoms with Gasteiger partial charge in [-0.05, 0) is 17.5 Å². The third-order valence-corrected chi connectivity index (χ3v) is 5.31. The molecule has 7 nitrogen and oxygen atoms in total. The second-order valence-electron chi connectivity index (χ2n) is 5.90. The van der Waals surface area contributed by atoms with Crippen LogP contribution in [0.1, 0.15) is 17.3 Å². The van der Waals surface area contributed by atoms with Crippen molar-refractivity contribution in [1.29, 1.82) is 0 Å². The number of fused-ring (bicyclic) bond motifs is 1. The predicted octanol–water partition coefficient (Wildman–Crippen LogP) is 1.76. The van der Waals surface area contributed by atoms with Crippen LogP contribution in [0.25, 0.3) is 16.2 Å². The highest BCUT2D eigenvalue weighted by atomic mass is 32.1. The normalized spacial score (nSPS) is 14.9. The van der Waals surface area contributed by atoms with Crippen molar-refractivity contribution >= 4 is 28.8 Å². The molecule has 8 heteroatoms. The van der Waals surface area contributed by atoms with Crippen LogP contribution >= 0.6 is 11.3 Å². The van der Waals surface area contributed by atoms with Crippen LogP contribution in [0.5, 0.6) is 0 Å². The Balaban J connectivity index is 1.63. The van der Waals surface area contributed by atoms with E-state index < -0.39 is 0 Å². The van der Waals surface area contributed by atoms with Gasteiger partial charge in [-0.25, -0.2) is 9.50 Å². The molecule has 0 bridgehead atoms. The van der Waals surface area contributed by atoms with Crippen LogP contribution in [0, 0.1) is 0 Å². The number of thiophene rings is 1. The van der Waals surface area contributed by atoms with E-state index >= 15 is 0 Å². The van der Waals surface area contributed by atoms with Gasteiger partial charge in [-0.3, -0.25) is 9.59 Å². The molecule has 4 heterocycles. The van der Waals surface area contributed by atoms with Gasteiger partial charge in [-0.1, -0.05) is 6.07 Å². The van der Waals surface area contributed by atoms with Crippen molar-refractivity contribution in [2.24, 2.45) is 0 Å². The fourth-order valence-electron chi connectivity index (χ4n) is 3.05. The quantitative estimate of drug-likeness (QED) is 0.702. The molecule has 1 fully saturated rings.